The van der Waals surface area contributed by atoms with Crippen molar-refractivity contribution in [3.63, 3.8) is 0 Å². The van der Waals surface area contributed by atoms with E-state index >= 15 is 0 Å². The van der Waals surface area contributed by atoms with E-state index in [2.05, 4.69) is 15.2 Å². The van der Waals surface area contributed by atoms with E-state index in [1.54, 1.807) is 0 Å². The number of pyridine rings is 1. The molecule has 0 spiro atoms. The molecule has 0 bridgehead atoms. The van der Waals surface area contributed by atoms with E-state index in [0.717, 1.165) is 28.4 Å². The number of carbonyl (C=O) groups is 1. The van der Waals surface area contributed by atoms with Crippen LogP contribution in [0, 0.1) is 5.82 Å². The number of aromatic nitrogens is 3. The van der Waals surface area contributed by atoms with Gasteiger partial charge in [0.1, 0.15) is 10.8 Å². The normalized spacial score (nSPS) is 10.6. The Labute approximate surface area is 114 Å². The van der Waals surface area contributed by atoms with Gasteiger partial charge in [-0.25, -0.2) is 14.2 Å². The van der Waals surface area contributed by atoms with Crippen LogP contribution in [-0.4, -0.2) is 32.5 Å². The highest BCUT2D eigenvalue weighted by Gasteiger charge is 2.16. The first-order chi connectivity index (χ1) is 8.60. The van der Waals surface area contributed by atoms with E-state index in [0.29, 0.717) is 4.34 Å². The average molecular weight is 303 g/mol. The number of nitrogens with zero attached hydrogens (tertiary/aromatic N) is 3. The lowest BCUT2D eigenvalue weighted by Gasteiger charge is -2.01. The first-order valence-corrected chi connectivity index (χ1v) is 7.40. The summed E-state index contributed by atoms with van der Waals surface area (Å²) in [6.45, 7) is 0. The third-order valence-corrected chi connectivity index (χ3v) is 4.76. The largest absolute Gasteiger partial charge is 0.478 e. The number of carboxylic acid groups (broad SMARTS) is 1. The third kappa shape index (κ3) is 2.98. The predicted molar refractivity (Wildman–Crippen MR) is 67.0 cm³/mol. The summed E-state index contributed by atoms with van der Waals surface area (Å²) >= 11 is 3.84. The van der Waals surface area contributed by atoms with Gasteiger partial charge in [0.15, 0.2) is 8.68 Å². The molecule has 2 aromatic rings. The van der Waals surface area contributed by atoms with Gasteiger partial charge in [0, 0.05) is 0 Å². The molecular weight excluding hydrogens is 297 g/mol. The molecule has 2 aromatic heterocycles. The lowest BCUT2D eigenvalue weighted by molar-refractivity contribution is 0.0691. The quantitative estimate of drug-likeness (QED) is 0.870. The van der Waals surface area contributed by atoms with Crippen molar-refractivity contribution in [3.05, 3.63) is 23.6 Å². The van der Waals surface area contributed by atoms with Gasteiger partial charge in [-0.1, -0.05) is 23.1 Å². The molecule has 2 heterocycles. The van der Waals surface area contributed by atoms with E-state index in [1.165, 1.54) is 23.1 Å². The molecule has 0 fully saturated rings. The number of hydrogen-bond donors (Lipinski definition) is 1. The number of hydrogen-bond acceptors (Lipinski definition) is 7. The summed E-state index contributed by atoms with van der Waals surface area (Å²) in [5.41, 5.74) is -0.180. The van der Waals surface area contributed by atoms with Crippen molar-refractivity contribution in [1.82, 2.24) is 15.2 Å². The van der Waals surface area contributed by atoms with Crippen LogP contribution in [-0.2, 0) is 0 Å². The SMILES string of the molecule is CSc1nnc(Sc2ncc(F)cc2C(=O)O)s1. The zero-order chi connectivity index (χ0) is 13.1. The van der Waals surface area contributed by atoms with Gasteiger partial charge in [-0.05, 0) is 24.1 Å². The fourth-order valence-corrected chi connectivity index (χ4v) is 3.48. The molecule has 0 amide bonds. The summed E-state index contributed by atoms with van der Waals surface area (Å²) in [6, 6.07) is 0.939. The summed E-state index contributed by atoms with van der Waals surface area (Å²) < 4.78 is 14.3. The number of thioether (sulfide) groups is 1. The standard InChI is InChI=1S/C9H6FN3O2S3/c1-16-8-12-13-9(18-8)17-6-5(7(14)15)2-4(10)3-11-6/h2-3H,1H3,(H,14,15). The number of rotatable bonds is 4. The van der Waals surface area contributed by atoms with Crippen LogP contribution in [0.25, 0.3) is 0 Å². The molecule has 1 N–H and O–H groups in total. The lowest BCUT2D eigenvalue weighted by atomic mass is 10.3. The van der Waals surface area contributed by atoms with Gasteiger partial charge in [0.05, 0.1) is 11.8 Å². The Morgan fingerprint density at radius 3 is 2.78 bits per heavy atom. The van der Waals surface area contributed by atoms with Crippen molar-refractivity contribution >= 4 is 40.8 Å². The molecule has 0 aliphatic rings. The molecule has 0 atom stereocenters. The molecule has 0 aromatic carbocycles. The number of aromatic carboxylic acids is 1. The molecule has 0 radical (unpaired) electrons. The van der Waals surface area contributed by atoms with Crippen molar-refractivity contribution in [2.75, 3.05) is 6.26 Å². The van der Waals surface area contributed by atoms with Gasteiger partial charge in [-0.3, -0.25) is 0 Å². The summed E-state index contributed by atoms with van der Waals surface area (Å²) in [7, 11) is 0. The first kappa shape index (κ1) is 13.2. The highest BCUT2D eigenvalue weighted by atomic mass is 32.2. The highest BCUT2D eigenvalue weighted by Crippen LogP contribution is 2.33. The minimum Gasteiger partial charge on any atom is -0.478 e. The minimum absolute atomic E-state index is 0.180. The molecule has 0 aliphatic heterocycles. The van der Waals surface area contributed by atoms with Crippen LogP contribution < -0.4 is 0 Å². The zero-order valence-electron chi connectivity index (χ0n) is 8.95. The summed E-state index contributed by atoms with van der Waals surface area (Å²) in [5, 5.41) is 16.9. The highest BCUT2D eigenvalue weighted by molar-refractivity contribution is 8.03. The van der Waals surface area contributed by atoms with Gasteiger partial charge >= 0.3 is 5.97 Å². The van der Waals surface area contributed by atoms with Crippen molar-refractivity contribution in [2.24, 2.45) is 0 Å². The van der Waals surface area contributed by atoms with Crippen molar-refractivity contribution < 1.29 is 14.3 Å². The van der Waals surface area contributed by atoms with Gasteiger partial charge in [0.25, 0.3) is 0 Å². The van der Waals surface area contributed by atoms with E-state index in [9.17, 15) is 9.18 Å². The van der Waals surface area contributed by atoms with Crippen molar-refractivity contribution in [3.8, 4) is 0 Å². The Bertz CT molecular complexity index is 590. The Hall–Kier alpha value is -1.19. The summed E-state index contributed by atoms with van der Waals surface area (Å²) in [5.74, 6) is -1.90. The third-order valence-electron chi connectivity index (χ3n) is 1.79. The van der Waals surface area contributed by atoms with Crippen LogP contribution in [0.1, 0.15) is 10.4 Å². The molecule has 0 saturated carbocycles. The van der Waals surface area contributed by atoms with Gasteiger partial charge < -0.3 is 5.11 Å². The van der Waals surface area contributed by atoms with Crippen molar-refractivity contribution in [1.29, 1.82) is 0 Å². The molecule has 94 valence electrons. The summed E-state index contributed by atoms with van der Waals surface area (Å²) in [6.07, 6.45) is 2.85. The minimum atomic E-state index is -1.22. The molecule has 0 saturated heterocycles. The Morgan fingerprint density at radius 1 is 1.44 bits per heavy atom. The molecule has 0 unspecified atom stereocenters. The maximum Gasteiger partial charge on any atom is 0.338 e. The van der Waals surface area contributed by atoms with E-state index < -0.39 is 11.8 Å². The van der Waals surface area contributed by atoms with E-state index in [-0.39, 0.29) is 10.6 Å². The van der Waals surface area contributed by atoms with Gasteiger partial charge in [-0.2, -0.15) is 0 Å². The summed E-state index contributed by atoms with van der Waals surface area (Å²) in [4.78, 5) is 14.7. The lowest BCUT2D eigenvalue weighted by Crippen LogP contribution is -2.01. The Balaban J connectivity index is 2.30. The van der Waals surface area contributed by atoms with Crippen LogP contribution in [0.2, 0.25) is 0 Å². The zero-order valence-corrected chi connectivity index (χ0v) is 11.4. The van der Waals surface area contributed by atoms with Crippen LogP contribution in [0.15, 0.2) is 26.0 Å². The molecule has 5 nitrogen and oxygen atoms in total. The van der Waals surface area contributed by atoms with Crippen LogP contribution in [0.4, 0.5) is 4.39 Å². The maximum absolute atomic E-state index is 12.9. The van der Waals surface area contributed by atoms with Crippen LogP contribution >= 0.6 is 34.9 Å². The average Bonchev–Trinajstić information content (AvgIpc) is 2.79. The predicted octanol–water partition coefficient (Wildman–Crippen LogP) is 2.64. The fraction of sp³-hybridized carbons (Fsp3) is 0.111. The molecule has 9 heteroatoms. The monoisotopic (exact) mass is 303 g/mol. The molecular formula is C9H6FN3O2S3. The Morgan fingerprint density at radius 2 is 2.17 bits per heavy atom. The second-order valence-electron chi connectivity index (χ2n) is 2.95. The Kier molecular flexibility index (Phi) is 4.15. The second kappa shape index (κ2) is 5.63. The van der Waals surface area contributed by atoms with Crippen LogP contribution in [0.5, 0.6) is 0 Å². The van der Waals surface area contributed by atoms with Crippen molar-refractivity contribution in [2.45, 2.75) is 13.7 Å². The number of carboxylic acids is 1. The van der Waals surface area contributed by atoms with Crippen LogP contribution in [0.3, 0.4) is 0 Å². The van der Waals surface area contributed by atoms with Gasteiger partial charge in [-0.15, -0.1) is 10.2 Å². The smallest absolute Gasteiger partial charge is 0.338 e. The molecule has 0 aliphatic carbocycles. The number of halogens is 1. The van der Waals surface area contributed by atoms with E-state index in [1.807, 2.05) is 6.26 Å². The fourth-order valence-electron chi connectivity index (χ4n) is 1.06. The molecule has 2 rings (SSSR count). The van der Waals surface area contributed by atoms with Gasteiger partial charge in [0.2, 0.25) is 0 Å². The van der Waals surface area contributed by atoms with E-state index in [4.69, 9.17) is 5.11 Å². The first-order valence-electron chi connectivity index (χ1n) is 4.54. The topological polar surface area (TPSA) is 76.0 Å². The second-order valence-corrected chi connectivity index (χ2v) is 6.22. The molecule has 18 heavy (non-hydrogen) atoms. The maximum atomic E-state index is 12.9.